The molecule has 0 aliphatic carbocycles. The Labute approximate surface area is 215 Å². The summed E-state index contributed by atoms with van der Waals surface area (Å²) in [4.78, 5) is 25.2. The Bertz CT molecular complexity index is 1260. The van der Waals surface area contributed by atoms with Crippen molar-refractivity contribution in [3.05, 3.63) is 69.9 Å². The van der Waals surface area contributed by atoms with Crippen molar-refractivity contribution < 1.29 is 37.3 Å². The Morgan fingerprint density at radius 2 is 1.92 bits per heavy atom. The van der Waals surface area contributed by atoms with E-state index in [1.54, 1.807) is 53.4 Å². The number of aliphatic hydroxyl groups is 1. The normalized spacial score (nSPS) is 13.8. The summed E-state index contributed by atoms with van der Waals surface area (Å²) < 4.78 is 51.1. The second-order valence-corrected chi connectivity index (χ2v) is 9.50. The van der Waals surface area contributed by atoms with Crippen LogP contribution in [0, 0.1) is 0 Å². The van der Waals surface area contributed by atoms with Gasteiger partial charge in [-0.3, -0.25) is 4.79 Å². The van der Waals surface area contributed by atoms with Gasteiger partial charge in [0.1, 0.15) is 17.2 Å². The van der Waals surface area contributed by atoms with E-state index in [1.165, 1.54) is 6.07 Å². The maximum Gasteiger partial charge on any atom is 0.426 e. The molecule has 2 aromatic carbocycles. The fourth-order valence-corrected chi connectivity index (χ4v) is 5.03. The van der Waals surface area contributed by atoms with Crippen LogP contribution in [0.5, 0.6) is 5.75 Å². The van der Waals surface area contributed by atoms with Crippen molar-refractivity contribution in [2.45, 2.75) is 25.3 Å². The first kappa shape index (κ1) is 26.6. The predicted molar refractivity (Wildman–Crippen MR) is 132 cm³/mol. The number of hydrogen-bond acceptors (Lipinski definition) is 7. The number of esters is 1. The molecule has 196 valence electrons. The monoisotopic (exact) mass is 534 g/mol. The van der Waals surface area contributed by atoms with Gasteiger partial charge in [0.15, 0.2) is 6.10 Å². The molecule has 11 heteroatoms. The zero-order valence-electron chi connectivity index (χ0n) is 19.9. The number of methoxy groups -OCH3 is 1. The molecule has 1 aliphatic heterocycles. The van der Waals surface area contributed by atoms with E-state index in [2.05, 4.69) is 10.1 Å². The summed E-state index contributed by atoms with van der Waals surface area (Å²) in [6, 6.07) is 15.2. The summed E-state index contributed by atoms with van der Waals surface area (Å²) in [6.07, 6.45) is -5.23. The third-order valence-corrected chi connectivity index (χ3v) is 6.99. The van der Waals surface area contributed by atoms with Crippen molar-refractivity contribution in [1.29, 1.82) is 0 Å². The van der Waals surface area contributed by atoms with Crippen LogP contribution in [0.2, 0.25) is 0 Å². The minimum atomic E-state index is -4.47. The molecule has 0 fully saturated rings. The minimum absolute atomic E-state index is 0.0194. The number of alkyl halides is 3. The van der Waals surface area contributed by atoms with Gasteiger partial charge >= 0.3 is 12.1 Å². The number of hydrogen-bond donors (Lipinski definition) is 2. The molecular weight excluding hydrogens is 509 g/mol. The van der Waals surface area contributed by atoms with Crippen molar-refractivity contribution in [1.82, 2.24) is 5.32 Å². The molecule has 0 saturated carbocycles. The zero-order chi connectivity index (χ0) is 26.6. The molecule has 1 aliphatic rings. The summed E-state index contributed by atoms with van der Waals surface area (Å²) >= 11 is 0.666. The Morgan fingerprint density at radius 1 is 1.16 bits per heavy atom. The Kier molecular flexibility index (Phi) is 8.16. The molecule has 0 saturated heterocycles. The minimum Gasteiger partial charge on any atom is -0.488 e. The first-order chi connectivity index (χ1) is 17.7. The van der Waals surface area contributed by atoms with Gasteiger partial charge < -0.3 is 24.8 Å². The highest BCUT2D eigenvalue weighted by Gasteiger charge is 2.36. The summed E-state index contributed by atoms with van der Waals surface area (Å²) in [7, 11) is 1.16. The molecule has 1 unspecified atom stereocenters. The number of aliphatic hydroxyl groups excluding tert-OH is 1. The lowest BCUT2D eigenvalue weighted by molar-refractivity contribution is -0.150. The third kappa shape index (κ3) is 6.30. The van der Waals surface area contributed by atoms with Crippen molar-refractivity contribution in [2.75, 3.05) is 31.6 Å². The van der Waals surface area contributed by atoms with Crippen LogP contribution in [0.3, 0.4) is 0 Å². The number of anilines is 1. The second-order valence-electron chi connectivity index (χ2n) is 8.36. The van der Waals surface area contributed by atoms with Crippen molar-refractivity contribution >= 4 is 28.9 Å². The molecule has 4 rings (SSSR count). The highest BCUT2D eigenvalue weighted by Crippen LogP contribution is 2.43. The molecule has 2 N–H and O–H groups in total. The van der Waals surface area contributed by atoms with E-state index in [0.717, 1.165) is 18.4 Å². The Morgan fingerprint density at radius 3 is 2.62 bits per heavy atom. The number of rotatable bonds is 9. The van der Waals surface area contributed by atoms with Crippen LogP contribution in [0.25, 0.3) is 11.1 Å². The number of carbonyl (C=O) groups excluding carboxylic acids is 2. The molecule has 0 radical (unpaired) electrons. The summed E-state index contributed by atoms with van der Waals surface area (Å²) in [5.41, 5.74) is 2.23. The molecule has 2 heterocycles. The summed E-state index contributed by atoms with van der Waals surface area (Å²) in [5, 5.41) is 12.3. The van der Waals surface area contributed by atoms with Gasteiger partial charge in [-0.1, -0.05) is 30.3 Å². The highest BCUT2D eigenvalue weighted by molar-refractivity contribution is 7.12. The predicted octanol–water partition coefficient (Wildman–Crippen LogP) is 4.03. The summed E-state index contributed by atoms with van der Waals surface area (Å²) in [5.74, 6) is -0.515. The number of halogens is 3. The average Bonchev–Trinajstić information content (AvgIpc) is 3.52. The van der Waals surface area contributed by atoms with Gasteiger partial charge in [0.05, 0.1) is 13.7 Å². The van der Waals surface area contributed by atoms with Crippen LogP contribution in [0.15, 0.2) is 54.6 Å². The van der Waals surface area contributed by atoms with Crippen LogP contribution in [0.4, 0.5) is 18.9 Å². The van der Waals surface area contributed by atoms with E-state index in [-0.39, 0.29) is 31.2 Å². The number of ether oxygens (including phenoxy) is 2. The van der Waals surface area contributed by atoms with E-state index in [4.69, 9.17) is 4.74 Å². The first-order valence-electron chi connectivity index (χ1n) is 11.5. The number of benzene rings is 2. The molecule has 37 heavy (non-hydrogen) atoms. The molecule has 7 nitrogen and oxygen atoms in total. The van der Waals surface area contributed by atoms with E-state index in [9.17, 15) is 27.9 Å². The van der Waals surface area contributed by atoms with Crippen LogP contribution in [-0.2, 0) is 33.5 Å². The fraction of sp³-hybridized carbons (Fsp3) is 0.308. The van der Waals surface area contributed by atoms with Gasteiger partial charge in [0, 0.05) is 29.2 Å². The number of fused-ring (bicyclic) bond motifs is 1. The van der Waals surface area contributed by atoms with E-state index in [0.29, 0.717) is 40.5 Å². The van der Waals surface area contributed by atoms with Gasteiger partial charge in [0.25, 0.3) is 0 Å². The molecule has 0 spiro atoms. The van der Waals surface area contributed by atoms with Crippen molar-refractivity contribution in [3.63, 3.8) is 0 Å². The first-order valence-corrected chi connectivity index (χ1v) is 12.3. The fourth-order valence-electron chi connectivity index (χ4n) is 4.07. The van der Waals surface area contributed by atoms with Crippen LogP contribution in [-0.4, -0.2) is 49.8 Å². The molecule has 1 atom stereocenters. The van der Waals surface area contributed by atoms with Crippen molar-refractivity contribution in [3.8, 4) is 16.9 Å². The smallest absolute Gasteiger partial charge is 0.426 e. The lowest BCUT2D eigenvalue weighted by Crippen LogP contribution is -2.41. The molecule has 0 bridgehead atoms. The van der Waals surface area contributed by atoms with Gasteiger partial charge in [0.2, 0.25) is 5.91 Å². The average molecular weight is 535 g/mol. The standard InChI is InChI=1S/C26H25F3N2O5S/c1-35-25(34)22(32)13-30-14-23(33)31-10-9-17-11-18(7-8-21(17)31)36-15-19-12-20(16-5-3-2-4-6-16)24(37-19)26(27,28)29/h2-8,11-12,22,30,32H,9-10,13-15H2,1H3. The van der Waals surface area contributed by atoms with Crippen LogP contribution in [0.1, 0.15) is 15.3 Å². The van der Waals surface area contributed by atoms with Crippen molar-refractivity contribution in [2.24, 2.45) is 0 Å². The van der Waals surface area contributed by atoms with E-state index >= 15 is 0 Å². The lowest BCUT2D eigenvalue weighted by atomic mass is 10.1. The van der Waals surface area contributed by atoms with Crippen LogP contribution < -0.4 is 15.0 Å². The third-order valence-electron chi connectivity index (χ3n) is 5.84. The largest absolute Gasteiger partial charge is 0.488 e. The summed E-state index contributed by atoms with van der Waals surface area (Å²) in [6.45, 7) is 0.250. The molecular formula is C26H25F3N2O5S. The molecule has 1 aromatic heterocycles. The molecule has 1 amide bonds. The van der Waals surface area contributed by atoms with E-state index < -0.39 is 23.1 Å². The SMILES string of the molecule is COC(=O)C(O)CNCC(=O)N1CCc2cc(OCc3cc(-c4ccccc4)c(C(F)(F)F)s3)ccc21. The van der Waals surface area contributed by atoms with Crippen LogP contribution >= 0.6 is 11.3 Å². The number of carbonyl (C=O) groups is 2. The van der Waals surface area contributed by atoms with Gasteiger partial charge in [-0.05, 0) is 41.8 Å². The quantitative estimate of drug-likeness (QED) is 0.403. The maximum absolute atomic E-state index is 13.6. The van der Waals surface area contributed by atoms with Gasteiger partial charge in [-0.15, -0.1) is 11.3 Å². The second kappa shape index (κ2) is 11.3. The maximum atomic E-state index is 13.6. The number of thiophene rings is 1. The Balaban J connectivity index is 1.39. The van der Waals surface area contributed by atoms with E-state index in [1.807, 2.05) is 0 Å². The Hall–Kier alpha value is -3.41. The number of nitrogens with zero attached hydrogens (tertiary/aromatic N) is 1. The van der Waals surface area contributed by atoms with Gasteiger partial charge in [-0.25, -0.2) is 4.79 Å². The lowest BCUT2D eigenvalue weighted by Gasteiger charge is -2.18. The topological polar surface area (TPSA) is 88.1 Å². The number of nitrogens with one attached hydrogen (secondary N) is 1. The molecule has 3 aromatic rings. The zero-order valence-corrected chi connectivity index (χ0v) is 20.7. The highest BCUT2D eigenvalue weighted by atomic mass is 32.1. The number of amides is 1. The van der Waals surface area contributed by atoms with Gasteiger partial charge in [-0.2, -0.15) is 13.2 Å².